The maximum absolute atomic E-state index is 12.9. The van der Waals surface area contributed by atoms with Crippen LogP contribution in [0.1, 0.15) is 11.1 Å². The van der Waals surface area contributed by atoms with Crippen LogP contribution in [0, 0.1) is 0 Å². The Hall–Kier alpha value is -3.63. The third-order valence-corrected chi connectivity index (χ3v) is 5.71. The quantitative estimate of drug-likeness (QED) is 0.288. The van der Waals surface area contributed by atoms with E-state index in [0.717, 1.165) is 23.9 Å². The van der Waals surface area contributed by atoms with E-state index in [0.29, 0.717) is 15.9 Å². The molecule has 1 heterocycles. The van der Waals surface area contributed by atoms with E-state index in [9.17, 15) is 23.1 Å². The molecule has 34 heavy (non-hydrogen) atoms. The molecule has 0 spiro atoms. The summed E-state index contributed by atoms with van der Waals surface area (Å²) in [5.74, 6) is -0.526. The van der Waals surface area contributed by atoms with Crippen molar-refractivity contribution in [3.05, 3.63) is 87.8 Å². The van der Waals surface area contributed by atoms with Crippen LogP contribution < -0.4 is 5.32 Å². The van der Waals surface area contributed by atoms with Crippen LogP contribution in [0.3, 0.4) is 0 Å². The third-order valence-electron chi connectivity index (χ3n) is 4.48. The molecule has 3 aromatic carbocycles. The van der Waals surface area contributed by atoms with Crippen molar-refractivity contribution < 1.29 is 23.1 Å². The number of carbonyl (C=O) groups excluding carboxylic acids is 1. The summed E-state index contributed by atoms with van der Waals surface area (Å²) in [4.78, 5) is 17.0. The molecule has 6 nitrogen and oxygen atoms in total. The second-order valence-electron chi connectivity index (χ2n) is 6.92. The maximum Gasteiger partial charge on any atom is 0.416 e. The molecule has 2 N–H and O–H groups in total. The number of phenolic OH excluding ortho intramolecular Hbond substituents is 1. The zero-order chi connectivity index (χ0) is 24.3. The molecule has 0 aromatic heterocycles. The normalized spacial score (nSPS) is 16.5. The number of aliphatic imine (C=N–C) groups is 1. The number of phenols is 1. The van der Waals surface area contributed by atoms with Crippen LogP contribution in [0.2, 0.25) is 5.02 Å². The van der Waals surface area contributed by atoms with Crippen LogP contribution in [0.25, 0.3) is 6.08 Å². The van der Waals surface area contributed by atoms with Gasteiger partial charge in [-0.25, -0.2) is 4.99 Å². The standard InChI is InChI=1S/C23H14ClF3N4O2S/c24-17-6-1-2-7-18(17)28-22-29-21(33)20(34-22)11-13-10-16(8-9-19(13)32)31-30-15-5-3-4-14(12-15)23(25,26)27/h1-12,32H,(H,28,29,33)/b20-11-,31-30?. The van der Waals surface area contributed by atoms with Gasteiger partial charge in [-0.05, 0) is 66.4 Å². The predicted molar refractivity (Wildman–Crippen MR) is 126 cm³/mol. The second-order valence-corrected chi connectivity index (χ2v) is 8.36. The van der Waals surface area contributed by atoms with Gasteiger partial charge in [-0.3, -0.25) is 4.79 Å². The number of hydrogen-bond acceptors (Lipinski definition) is 6. The summed E-state index contributed by atoms with van der Waals surface area (Å²) in [5.41, 5.74) is 0.230. The van der Waals surface area contributed by atoms with Crippen LogP contribution in [0.4, 0.5) is 30.2 Å². The first-order valence-corrected chi connectivity index (χ1v) is 10.8. The molecule has 0 unspecified atom stereocenters. The molecule has 0 atom stereocenters. The van der Waals surface area contributed by atoms with Gasteiger partial charge in [0.2, 0.25) is 0 Å². The number of rotatable bonds is 4. The summed E-state index contributed by atoms with van der Waals surface area (Å²) in [6.07, 6.45) is -3.04. The van der Waals surface area contributed by atoms with Gasteiger partial charge in [-0.2, -0.15) is 23.4 Å². The van der Waals surface area contributed by atoms with Crippen LogP contribution in [0.5, 0.6) is 5.75 Å². The van der Waals surface area contributed by atoms with Crippen molar-refractivity contribution in [1.82, 2.24) is 5.32 Å². The van der Waals surface area contributed by atoms with Crippen LogP contribution in [-0.4, -0.2) is 16.2 Å². The van der Waals surface area contributed by atoms with Crippen molar-refractivity contribution in [3.8, 4) is 5.75 Å². The lowest BCUT2D eigenvalue weighted by Crippen LogP contribution is -2.19. The zero-order valence-corrected chi connectivity index (χ0v) is 18.6. The van der Waals surface area contributed by atoms with Crippen molar-refractivity contribution in [2.24, 2.45) is 15.2 Å². The number of alkyl halides is 3. The molecular formula is C23H14ClF3N4O2S. The van der Waals surface area contributed by atoms with Gasteiger partial charge in [0.25, 0.3) is 5.91 Å². The van der Waals surface area contributed by atoms with Gasteiger partial charge in [0.05, 0.1) is 32.6 Å². The maximum atomic E-state index is 12.9. The summed E-state index contributed by atoms with van der Waals surface area (Å²) in [7, 11) is 0. The first-order valence-electron chi connectivity index (χ1n) is 9.65. The number of thioether (sulfide) groups is 1. The largest absolute Gasteiger partial charge is 0.507 e. The Kier molecular flexibility index (Phi) is 6.71. The minimum absolute atomic E-state index is 0.0222. The van der Waals surface area contributed by atoms with E-state index < -0.39 is 17.6 Å². The van der Waals surface area contributed by atoms with Crippen molar-refractivity contribution >= 4 is 57.6 Å². The van der Waals surface area contributed by atoms with Crippen LogP contribution in [0.15, 0.2) is 86.9 Å². The molecule has 11 heteroatoms. The van der Waals surface area contributed by atoms with Crippen molar-refractivity contribution in [1.29, 1.82) is 0 Å². The lowest BCUT2D eigenvalue weighted by Gasteiger charge is -2.06. The summed E-state index contributed by atoms with van der Waals surface area (Å²) in [6.45, 7) is 0. The summed E-state index contributed by atoms with van der Waals surface area (Å²) < 4.78 is 38.6. The van der Waals surface area contributed by atoms with E-state index in [1.54, 1.807) is 24.3 Å². The van der Waals surface area contributed by atoms with E-state index in [4.69, 9.17) is 11.6 Å². The number of para-hydroxylation sites is 1. The fraction of sp³-hybridized carbons (Fsp3) is 0.0435. The molecule has 4 rings (SSSR count). The number of benzene rings is 3. The number of amidine groups is 1. The molecule has 0 radical (unpaired) electrons. The van der Waals surface area contributed by atoms with Gasteiger partial charge in [0.1, 0.15) is 5.75 Å². The molecule has 1 saturated heterocycles. The predicted octanol–water partition coefficient (Wildman–Crippen LogP) is 7.37. The highest BCUT2D eigenvalue weighted by Gasteiger charge is 2.30. The SMILES string of the molecule is O=C1NC(=Nc2ccccc2Cl)S/C1=C\c1cc(N=Nc2cccc(C(F)(F)F)c2)ccc1O. The summed E-state index contributed by atoms with van der Waals surface area (Å²) >= 11 is 7.16. The monoisotopic (exact) mass is 502 g/mol. The average Bonchev–Trinajstić information content (AvgIpc) is 3.14. The van der Waals surface area contributed by atoms with Gasteiger partial charge in [-0.1, -0.05) is 29.8 Å². The first-order chi connectivity index (χ1) is 16.2. The number of aromatic hydroxyl groups is 1. The molecule has 1 amide bonds. The minimum Gasteiger partial charge on any atom is -0.507 e. The molecular weight excluding hydrogens is 489 g/mol. The number of carbonyl (C=O) groups is 1. The number of nitrogens with one attached hydrogen (secondary N) is 1. The number of amides is 1. The van der Waals surface area contributed by atoms with Gasteiger partial charge >= 0.3 is 6.18 Å². The van der Waals surface area contributed by atoms with Crippen molar-refractivity contribution in [2.45, 2.75) is 6.18 Å². The van der Waals surface area contributed by atoms with E-state index in [2.05, 4.69) is 20.5 Å². The van der Waals surface area contributed by atoms with Crippen molar-refractivity contribution in [2.75, 3.05) is 0 Å². The Morgan fingerprint density at radius 1 is 0.971 bits per heavy atom. The molecule has 1 aliphatic heterocycles. The molecule has 0 aliphatic carbocycles. The molecule has 0 bridgehead atoms. The van der Waals surface area contributed by atoms with E-state index in [-0.39, 0.29) is 27.6 Å². The van der Waals surface area contributed by atoms with E-state index in [1.165, 1.54) is 36.4 Å². The smallest absolute Gasteiger partial charge is 0.416 e. The zero-order valence-electron chi connectivity index (χ0n) is 17.0. The highest BCUT2D eigenvalue weighted by Crippen LogP contribution is 2.34. The van der Waals surface area contributed by atoms with Gasteiger partial charge < -0.3 is 10.4 Å². The fourth-order valence-corrected chi connectivity index (χ4v) is 3.86. The second kappa shape index (κ2) is 9.70. The molecule has 1 aliphatic rings. The molecule has 1 fully saturated rings. The minimum atomic E-state index is -4.49. The van der Waals surface area contributed by atoms with Crippen LogP contribution >= 0.6 is 23.4 Å². The summed E-state index contributed by atoms with van der Waals surface area (Å²) in [6, 6.07) is 15.6. The van der Waals surface area contributed by atoms with Crippen LogP contribution in [-0.2, 0) is 11.0 Å². The molecule has 0 saturated carbocycles. The number of hydrogen-bond donors (Lipinski definition) is 2. The fourth-order valence-electron chi connectivity index (χ4n) is 2.85. The number of nitrogens with zero attached hydrogens (tertiary/aromatic N) is 3. The Bertz CT molecular complexity index is 1360. The Labute approximate surface area is 200 Å². The third kappa shape index (κ3) is 5.64. The number of azo groups is 1. The lowest BCUT2D eigenvalue weighted by atomic mass is 10.1. The highest BCUT2D eigenvalue weighted by molar-refractivity contribution is 8.18. The van der Waals surface area contributed by atoms with Gasteiger partial charge in [0.15, 0.2) is 5.17 Å². The first kappa shape index (κ1) is 23.5. The van der Waals surface area contributed by atoms with E-state index >= 15 is 0 Å². The number of halogens is 4. The Morgan fingerprint density at radius 2 is 1.71 bits per heavy atom. The van der Waals surface area contributed by atoms with Gasteiger partial charge in [0, 0.05) is 5.56 Å². The Morgan fingerprint density at radius 3 is 2.44 bits per heavy atom. The topological polar surface area (TPSA) is 86.4 Å². The van der Waals surface area contributed by atoms with E-state index in [1.807, 2.05) is 0 Å². The highest BCUT2D eigenvalue weighted by atomic mass is 35.5. The average molecular weight is 503 g/mol. The van der Waals surface area contributed by atoms with Crippen molar-refractivity contribution in [3.63, 3.8) is 0 Å². The Balaban J connectivity index is 1.56. The summed E-state index contributed by atoms with van der Waals surface area (Å²) in [5, 5.41) is 21.4. The molecule has 172 valence electrons. The molecule has 3 aromatic rings. The van der Waals surface area contributed by atoms with Gasteiger partial charge in [-0.15, -0.1) is 0 Å². The lowest BCUT2D eigenvalue weighted by molar-refractivity contribution is -0.137.